The SMILES string of the molecule is CCC1OCCC1C(=O)N(C)Cc1ncn[nH]1. The van der Waals surface area contributed by atoms with Crippen molar-refractivity contribution in [1.29, 1.82) is 0 Å². The maximum atomic E-state index is 12.2. The molecule has 1 aromatic rings. The Morgan fingerprint density at radius 2 is 2.53 bits per heavy atom. The lowest BCUT2D eigenvalue weighted by Crippen LogP contribution is -2.36. The highest BCUT2D eigenvalue weighted by atomic mass is 16.5. The number of rotatable bonds is 4. The zero-order chi connectivity index (χ0) is 12.3. The first-order valence-corrected chi connectivity index (χ1v) is 5.93. The third-order valence-electron chi connectivity index (χ3n) is 3.16. The van der Waals surface area contributed by atoms with E-state index in [2.05, 4.69) is 15.2 Å². The van der Waals surface area contributed by atoms with Crippen molar-refractivity contribution >= 4 is 5.91 Å². The number of hydrogen-bond acceptors (Lipinski definition) is 4. The number of amides is 1. The Morgan fingerprint density at radius 1 is 1.71 bits per heavy atom. The molecule has 0 bridgehead atoms. The summed E-state index contributed by atoms with van der Waals surface area (Å²) in [5, 5.41) is 6.52. The molecule has 1 N–H and O–H groups in total. The van der Waals surface area contributed by atoms with E-state index in [1.165, 1.54) is 6.33 Å². The fourth-order valence-corrected chi connectivity index (χ4v) is 2.23. The topological polar surface area (TPSA) is 71.1 Å². The minimum Gasteiger partial charge on any atom is -0.377 e. The van der Waals surface area contributed by atoms with Gasteiger partial charge in [0.25, 0.3) is 0 Å². The largest absolute Gasteiger partial charge is 0.377 e. The lowest BCUT2D eigenvalue weighted by atomic mass is 9.98. The first-order chi connectivity index (χ1) is 8.22. The van der Waals surface area contributed by atoms with Crippen molar-refractivity contribution in [2.75, 3.05) is 13.7 Å². The van der Waals surface area contributed by atoms with Crippen LogP contribution in [-0.4, -0.2) is 45.7 Å². The van der Waals surface area contributed by atoms with Gasteiger partial charge in [0.1, 0.15) is 12.2 Å². The van der Waals surface area contributed by atoms with Gasteiger partial charge >= 0.3 is 0 Å². The van der Waals surface area contributed by atoms with Gasteiger partial charge in [0.15, 0.2) is 0 Å². The molecule has 17 heavy (non-hydrogen) atoms. The quantitative estimate of drug-likeness (QED) is 0.832. The molecule has 94 valence electrons. The van der Waals surface area contributed by atoms with Gasteiger partial charge < -0.3 is 9.64 Å². The van der Waals surface area contributed by atoms with E-state index in [0.717, 1.165) is 12.8 Å². The summed E-state index contributed by atoms with van der Waals surface area (Å²) in [6.45, 7) is 3.20. The fraction of sp³-hybridized carbons (Fsp3) is 0.727. The van der Waals surface area contributed by atoms with Crippen LogP contribution < -0.4 is 0 Å². The van der Waals surface area contributed by atoms with E-state index in [4.69, 9.17) is 4.74 Å². The molecule has 2 unspecified atom stereocenters. The smallest absolute Gasteiger partial charge is 0.228 e. The van der Waals surface area contributed by atoms with Gasteiger partial charge in [-0.2, -0.15) is 5.10 Å². The number of nitrogens with one attached hydrogen (secondary N) is 1. The van der Waals surface area contributed by atoms with Crippen LogP contribution in [0.15, 0.2) is 6.33 Å². The number of ether oxygens (including phenoxy) is 1. The first-order valence-electron chi connectivity index (χ1n) is 5.93. The third kappa shape index (κ3) is 2.63. The lowest BCUT2D eigenvalue weighted by molar-refractivity contribution is -0.136. The molecular formula is C11H18N4O2. The summed E-state index contributed by atoms with van der Waals surface area (Å²) >= 11 is 0. The second-order valence-corrected chi connectivity index (χ2v) is 4.34. The highest BCUT2D eigenvalue weighted by Gasteiger charge is 2.34. The van der Waals surface area contributed by atoms with Crippen molar-refractivity contribution in [1.82, 2.24) is 20.1 Å². The van der Waals surface area contributed by atoms with Crippen LogP contribution in [0.25, 0.3) is 0 Å². The molecule has 2 heterocycles. The summed E-state index contributed by atoms with van der Waals surface area (Å²) < 4.78 is 5.54. The monoisotopic (exact) mass is 238 g/mol. The van der Waals surface area contributed by atoms with E-state index in [1.807, 2.05) is 6.92 Å². The van der Waals surface area contributed by atoms with Gasteiger partial charge in [-0.25, -0.2) is 4.98 Å². The highest BCUT2D eigenvalue weighted by Crippen LogP contribution is 2.25. The van der Waals surface area contributed by atoms with Crippen molar-refractivity contribution in [3.8, 4) is 0 Å². The van der Waals surface area contributed by atoms with Crippen LogP contribution >= 0.6 is 0 Å². The number of carbonyl (C=O) groups excluding carboxylic acids is 1. The van der Waals surface area contributed by atoms with Crippen LogP contribution in [-0.2, 0) is 16.1 Å². The number of hydrogen-bond donors (Lipinski definition) is 1. The third-order valence-corrected chi connectivity index (χ3v) is 3.16. The van der Waals surface area contributed by atoms with Crippen LogP contribution in [0.3, 0.4) is 0 Å². The van der Waals surface area contributed by atoms with Gasteiger partial charge in [-0.1, -0.05) is 6.92 Å². The molecule has 1 amide bonds. The molecule has 6 nitrogen and oxygen atoms in total. The van der Waals surface area contributed by atoms with Crippen LogP contribution in [0, 0.1) is 5.92 Å². The molecule has 0 aliphatic carbocycles. The molecule has 0 saturated carbocycles. The summed E-state index contributed by atoms with van der Waals surface area (Å²) in [4.78, 5) is 17.9. The van der Waals surface area contributed by atoms with E-state index < -0.39 is 0 Å². The summed E-state index contributed by atoms with van der Waals surface area (Å²) in [6, 6.07) is 0. The van der Waals surface area contributed by atoms with E-state index >= 15 is 0 Å². The average molecular weight is 238 g/mol. The molecule has 6 heteroatoms. The maximum absolute atomic E-state index is 12.2. The van der Waals surface area contributed by atoms with Crippen molar-refractivity contribution in [3.63, 3.8) is 0 Å². The van der Waals surface area contributed by atoms with Crippen molar-refractivity contribution in [2.24, 2.45) is 5.92 Å². The zero-order valence-corrected chi connectivity index (χ0v) is 10.2. The zero-order valence-electron chi connectivity index (χ0n) is 10.2. The summed E-state index contributed by atoms with van der Waals surface area (Å²) in [7, 11) is 1.79. The first kappa shape index (κ1) is 12.0. The van der Waals surface area contributed by atoms with E-state index in [-0.39, 0.29) is 17.9 Å². The fourth-order valence-electron chi connectivity index (χ4n) is 2.23. The summed E-state index contributed by atoms with van der Waals surface area (Å²) in [6.07, 6.45) is 3.21. The molecular weight excluding hydrogens is 220 g/mol. The minimum atomic E-state index is -0.00655. The Balaban J connectivity index is 1.94. The molecule has 2 rings (SSSR count). The van der Waals surface area contributed by atoms with Gasteiger partial charge in [-0.15, -0.1) is 0 Å². The van der Waals surface area contributed by atoms with Crippen LogP contribution in [0.2, 0.25) is 0 Å². The van der Waals surface area contributed by atoms with Gasteiger partial charge in [0.2, 0.25) is 5.91 Å². The molecule has 0 radical (unpaired) electrons. The number of aromatic amines is 1. The van der Waals surface area contributed by atoms with Crippen molar-refractivity contribution in [2.45, 2.75) is 32.4 Å². The Kier molecular flexibility index (Phi) is 3.73. The number of H-pyrrole nitrogens is 1. The average Bonchev–Trinajstić information content (AvgIpc) is 2.97. The molecule has 0 spiro atoms. The standard InChI is InChI=1S/C11H18N4O2/c1-3-9-8(4-5-17-9)11(16)15(2)6-10-12-7-13-14-10/h7-9H,3-6H2,1-2H3,(H,12,13,14). The van der Waals surface area contributed by atoms with Crippen molar-refractivity contribution < 1.29 is 9.53 Å². The van der Waals surface area contributed by atoms with Crippen LogP contribution in [0.5, 0.6) is 0 Å². The Morgan fingerprint density at radius 3 is 3.18 bits per heavy atom. The van der Waals surface area contributed by atoms with E-state index in [9.17, 15) is 4.79 Å². The molecule has 2 atom stereocenters. The number of carbonyl (C=O) groups is 1. The van der Waals surface area contributed by atoms with E-state index in [1.54, 1.807) is 11.9 Å². The second kappa shape index (κ2) is 5.27. The van der Waals surface area contributed by atoms with Gasteiger partial charge in [-0.05, 0) is 12.8 Å². The molecule has 1 aliphatic rings. The van der Waals surface area contributed by atoms with Gasteiger partial charge in [0, 0.05) is 13.7 Å². The Hall–Kier alpha value is -1.43. The minimum absolute atomic E-state index is 0.00655. The number of nitrogens with zero attached hydrogens (tertiary/aromatic N) is 3. The molecule has 1 fully saturated rings. The van der Waals surface area contributed by atoms with Crippen LogP contribution in [0.1, 0.15) is 25.6 Å². The second-order valence-electron chi connectivity index (χ2n) is 4.34. The normalized spacial score (nSPS) is 23.9. The molecule has 1 aromatic heterocycles. The summed E-state index contributed by atoms with van der Waals surface area (Å²) in [5.41, 5.74) is 0. The predicted molar refractivity (Wildman–Crippen MR) is 61.0 cm³/mol. The molecule has 1 saturated heterocycles. The molecule has 0 aromatic carbocycles. The molecule has 1 aliphatic heterocycles. The van der Waals surface area contributed by atoms with E-state index in [0.29, 0.717) is 19.0 Å². The van der Waals surface area contributed by atoms with Crippen molar-refractivity contribution in [3.05, 3.63) is 12.2 Å². The number of aromatic nitrogens is 3. The van der Waals surface area contributed by atoms with Crippen LogP contribution in [0.4, 0.5) is 0 Å². The Bertz CT molecular complexity index is 366. The maximum Gasteiger partial charge on any atom is 0.228 e. The summed E-state index contributed by atoms with van der Waals surface area (Å²) in [5.74, 6) is 0.825. The Labute approximate surface area is 100 Å². The predicted octanol–water partition coefficient (Wildman–Crippen LogP) is 0.578. The van der Waals surface area contributed by atoms with Gasteiger partial charge in [0.05, 0.1) is 18.6 Å². The lowest BCUT2D eigenvalue weighted by Gasteiger charge is -2.22. The highest BCUT2D eigenvalue weighted by molar-refractivity contribution is 5.79. The van der Waals surface area contributed by atoms with Gasteiger partial charge in [-0.3, -0.25) is 9.89 Å².